The smallest absolute Gasteiger partial charge is 0.427 e. The van der Waals surface area contributed by atoms with E-state index in [0.29, 0.717) is 0 Å². The SMILES string of the molecule is CCOC(=O)N/N=C(/CCC(=O)O)C(=O)O. The number of nitrogens with one attached hydrogen (secondary N) is 1. The maximum absolute atomic E-state index is 10.8. The number of rotatable bonds is 6. The molecular formula is C8H12N2O6. The molecule has 0 aromatic heterocycles. The molecule has 0 aromatic carbocycles. The molecule has 8 heteroatoms. The lowest BCUT2D eigenvalue weighted by Crippen LogP contribution is -2.24. The minimum atomic E-state index is -1.39. The van der Waals surface area contributed by atoms with E-state index in [1.807, 2.05) is 5.43 Å². The second kappa shape index (κ2) is 7.21. The predicted octanol–water partition coefficient (Wildman–Crippen LogP) is 0.0379. The lowest BCUT2D eigenvalue weighted by atomic mass is 10.2. The summed E-state index contributed by atoms with van der Waals surface area (Å²) in [6.07, 6.45) is -1.55. The minimum absolute atomic E-state index is 0.124. The maximum atomic E-state index is 10.8. The first kappa shape index (κ1) is 13.9. The van der Waals surface area contributed by atoms with Crippen molar-refractivity contribution >= 4 is 23.7 Å². The van der Waals surface area contributed by atoms with Crippen molar-refractivity contribution in [3.8, 4) is 0 Å². The fourth-order valence-electron chi connectivity index (χ4n) is 0.712. The number of aliphatic carboxylic acids is 2. The summed E-state index contributed by atoms with van der Waals surface area (Å²) in [4.78, 5) is 31.5. The van der Waals surface area contributed by atoms with Crippen molar-refractivity contribution in [2.45, 2.75) is 19.8 Å². The lowest BCUT2D eigenvalue weighted by molar-refractivity contribution is -0.136. The molecule has 0 rings (SSSR count). The van der Waals surface area contributed by atoms with E-state index in [2.05, 4.69) is 9.84 Å². The van der Waals surface area contributed by atoms with Crippen molar-refractivity contribution in [2.75, 3.05) is 6.61 Å². The zero-order chi connectivity index (χ0) is 12.6. The number of ether oxygens (including phenoxy) is 1. The van der Waals surface area contributed by atoms with Crippen LogP contribution in [0, 0.1) is 0 Å². The number of nitrogens with zero attached hydrogens (tertiary/aromatic N) is 1. The summed E-state index contributed by atoms with van der Waals surface area (Å²) in [5.41, 5.74) is 1.39. The van der Waals surface area contributed by atoms with Crippen LogP contribution in [0.4, 0.5) is 4.79 Å². The molecule has 0 bridgehead atoms. The maximum Gasteiger partial charge on any atom is 0.427 e. The third-order valence-electron chi connectivity index (χ3n) is 1.38. The molecule has 0 spiro atoms. The third-order valence-corrected chi connectivity index (χ3v) is 1.38. The monoisotopic (exact) mass is 232 g/mol. The van der Waals surface area contributed by atoms with Crippen molar-refractivity contribution in [3.63, 3.8) is 0 Å². The number of carboxylic acids is 2. The standard InChI is InChI=1S/C8H12N2O6/c1-2-16-8(15)10-9-5(7(13)14)3-4-6(11)12/h2-4H2,1H3,(H,10,15)(H,11,12)(H,13,14)/b9-5-. The van der Waals surface area contributed by atoms with E-state index >= 15 is 0 Å². The van der Waals surface area contributed by atoms with Gasteiger partial charge in [0.15, 0.2) is 0 Å². The first-order valence-electron chi connectivity index (χ1n) is 4.41. The highest BCUT2D eigenvalue weighted by molar-refractivity contribution is 6.35. The number of hydrogen-bond donors (Lipinski definition) is 3. The Morgan fingerprint density at radius 3 is 2.31 bits per heavy atom. The van der Waals surface area contributed by atoms with Crippen molar-refractivity contribution in [3.05, 3.63) is 0 Å². The van der Waals surface area contributed by atoms with Crippen molar-refractivity contribution in [2.24, 2.45) is 5.10 Å². The normalized spacial score (nSPS) is 10.7. The molecule has 0 radical (unpaired) electrons. The zero-order valence-electron chi connectivity index (χ0n) is 8.60. The van der Waals surface area contributed by atoms with E-state index in [0.717, 1.165) is 0 Å². The Balaban J connectivity index is 4.30. The average Bonchev–Trinajstić information content (AvgIpc) is 2.17. The average molecular weight is 232 g/mol. The lowest BCUT2D eigenvalue weighted by Gasteiger charge is -2.01. The zero-order valence-corrected chi connectivity index (χ0v) is 8.60. The summed E-state index contributed by atoms with van der Waals surface area (Å²) in [6.45, 7) is 1.70. The first-order valence-corrected chi connectivity index (χ1v) is 4.41. The molecule has 0 atom stereocenters. The van der Waals surface area contributed by atoms with Crippen molar-refractivity contribution < 1.29 is 29.3 Å². The molecule has 3 N–H and O–H groups in total. The highest BCUT2D eigenvalue weighted by Gasteiger charge is 2.12. The van der Waals surface area contributed by atoms with Gasteiger partial charge in [0.2, 0.25) is 0 Å². The van der Waals surface area contributed by atoms with Crippen LogP contribution in [0.2, 0.25) is 0 Å². The predicted molar refractivity (Wildman–Crippen MR) is 52.1 cm³/mol. The Kier molecular flexibility index (Phi) is 6.25. The van der Waals surface area contributed by atoms with Crippen molar-refractivity contribution in [1.29, 1.82) is 0 Å². The van der Waals surface area contributed by atoms with Crippen LogP contribution < -0.4 is 5.43 Å². The van der Waals surface area contributed by atoms with Gasteiger partial charge in [-0.25, -0.2) is 15.0 Å². The van der Waals surface area contributed by atoms with Gasteiger partial charge in [-0.2, -0.15) is 5.10 Å². The molecule has 90 valence electrons. The fraction of sp³-hybridized carbons (Fsp3) is 0.500. The van der Waals surface area contributed by atoms with Gasteiger partial charge < -0.3 is 14.9 Å². The fourth-order valence-corrected chi connectivity index (χ4v) is 0.712. The Morgan fingerprint density at radius 2 is 1.88 bits per heavy atom. The Morgan fingerprint density at radius 1 is 1.25 bits per heavy atom. The second-order valence-electron chi connectivity index (χ2n) is 2.59. The van der Waals surface area contributed by atoms with E-state index in [4.69, 9.17) is 10.2 Å². The van der Waals surface area contributed by atoms with Gasteiger partial charge >= 0.3 is 18.0 Å². The van der Waals surface area contributed by atoms with E-state index in [-0.39, 0.29) is 19.4 Å². The molecule has 1 amide bonds. The molecule has 0 fully saturated rings. The summed E-state index contributed by atoms with van der Waals surface area (Å²) in [7, 11) is 0. The largest absolute Gasteiger partial charge is 0.481 e. The summed E-state index contributed by atoms with van der Waals surface area (Å²) in [5, 5.41) is 20.2. The number of carbonyl (C=O) groups excluding carboxylic acids is 1. The van der Waals surface area contributed by atoms with Crippen LogP contribution in [-0.2, 0) is 14.3 Å². The third kappa shape index (κ3) is 6.35. The number of carbonyl (C=O) groups is 3. The summed E-state index contributed by atoms with van der Waals surface area (Å²) < 4.78 is 4.43. The van der Waals surface area contributed by atoms with Gasteiger partial charge in [-0.05, 0) is 6.92 Å². The molecule has 0 unspecified atom stereocenters. The van der Waals surface area contributed by atoms with Gasteiger partial charge in [-0.3, -0.25) is 4.79 Å². The van der Waals surface area contributed by atoms with Gasteiger partial charge in [0.05, 0.1) is 13.0 Å². The molecule has 0 aliphatic rings. The Hall–Kier alpha value is -2.12. The van der Waals surface area contributed by atoms with Crippen LogP contribution in [0.25, 0.3) is 0 Å². The van der Waals surface area contributed by atoms with Crippen LogP contribution in [-0.4, -0.2) is 40.6 Å². The molecule has 8 nitrogen and oxygen atoms in total. The molecule has 0 aliphatic carbocycles. The van der Waals surface area contributed by atoms with E-state index in [1.165, 1.54) is 0 Å². The number of amides is 1. The Labute approximate surface area is 90.9 Å². The highest BCUT2D eigenvalue weighted by atomic mass is 16.5. The van der Waals surface area contributed by atoms with Crippen LogP contribution in [0.1, 0.15) is 19.8 Å². The molecule has 16 heavy (non-hydrogen) atoms. The van der Waals surface area contributed by atoms with Gasteiger partial charge in [0.1, 0.15) is 5.71 Å². The summed E-state index contributed by atoms with van der Waals surface area (Å²) >= 11 is 0. The minimum Gasteiger partial charge on any atom is -0.481 e. The molecule has 0 aromatic rings. The molecule has 0 aliphatic heterocycles. The van der Waals surface area contributed by atoms with E-state index in [9.17, 15) is 14.4 Å². The summed E-state index contributed by atoms with van der Waals surface area (Å²) in [6, 6.07) is 0. The van der Waals surface area contributed by atoms with Crippen LogP contribution >= 0.6 is 0 Å². The second-order valence-corrected chi connectivity index (χ2v) is 2.59. The van der Waals surface area contributed by atoms with Gasteiger partial charge in [0.25, 0.3) is 0 Å². The quantitative estimate of drug-likeness (QED) is 0.438. The Bertz CT molecular complexity index is 312. The van der Waals surface area contributed by atoms with Gasteiger partial charge in [0, 0.05) is 6.42 Å². The number of hydrazone groups is 1. The summed E-state index contributed by atoms with van der Waals surface area (Å²) in [5.74, 6) is -2.54. The van der Waals surface area contributed by atoms with E-state index < -0.39 is 23.7 Å². The van der Waals surface area contributed by atoms with Crippen molar-refractivity contribution in [1.82, 2.24) is 5.43 Å². The van der Waals surface area contributed by atoms with Crippen LogP contribution in [0.5, 0.6) is 0 Å². The van der Waals surface area contributed by atoms with Crippen LogP contribution in [0.3, 0.4) is 0 Å². The molecule has 0 heterocycles. The van der Waals surface area contributed by atoms with E-state index in [1.54, 1.807) is 6.92 Å². The number of carboxylic acid groups (broad SMARTS) is 2. The van der Waals surface area contributed by atoms with Gasteiger partial charge in [-0.15, -0.1) is 0 Å². The van der Waals surface area contributed by atoms with Crippen LogP contribution in [0.15, 0.2) is 5.10 Å². The topological polar surface area (TPSA) is 125 Å². The molecule has 0 saturated heterocycles. The molecule has 0 saturated carbocycles. The highest BCUT2D eigenvalue weighted by Crippen LogP contribution is 1.94. The van der Waals surface area contributed by atoms with Gasteiger partial charge in [-0.1, -0.05) is 0 Å². The first-order chi connectivity index (χ1) is 7.47. The molecular weight excluding hydrogens is 220 g/mol. The number of hydrogen-bond acceptors (Lipinski definition) is 5.